The number of hydrogen-bond acceptors (Lipinski definition) is 7. The van der Waals surface area contributed by atoms with E-state index in [9.17, 15) is 9.59 Å². The van der Waals surface area contributed by atoms with Gasteiger partial charge in [0.25, 0.3) is 5.91 Å². The number of aromatic nitrogens is 2. The Morgan fingerprint density at radius 3 is 2.60 bits per heavy atom. The second-order valence-electron chi connectivity index (χ2n) is 8.69. The zero-order chi connectivity index (χ0) is 24.5. The van der Waals surface area contributed by atoms with E-state index < -0.39 is 0 Å². The Morgan fingerprint density at radius 1 is 1.17 bits per heavy atom. The number of amides is 1. The predicted molar refractivity (Wildman–Crippen MR) is 141 cm³/mol. The van der Waals surface area contributed by atoms with Crippen LogP contribution in [-0.4, -0.2) is 49.0 Å². The van der Waals surface area contributed by atoms with Crippen LogP contribution in [0.2, 0.25) is 0 Å². The highest BCUT2D eigenvalue weighted by Gasteiger charge is 2.27. The number of Topliss-reactive ketones (excluding diaryl/α,β-unsaturated/α-hetero) is 1. The lowest BCUT2D eigenvalue weighted by Gasteiger charge is -2.31. The third-order valence-electron chi connectivity index (χ3n) is 6.19. The van der Waals surface area contributed by atoms with E-state index in [1.54, 1.807) is 45.5 Å². The topological polar surface area (TPSA) is 102 Å². The summed E-state index contributed by atoms with van der Waals surface area (Å²) in [6.07, 6.45) is 7.77. The van der Waals surface area contributed by atoms with Gasteiger partial charge >= 0.3 is 0 Å². The Labute approximate surface area is 216 Å². The number of anilines is 2. The molecule has 0 unspecified atom stereocenters. The first-order valence-electron chi connectivity index (χ1n) is 11.6. The minimum Gasteiger partial charge on any atom is -0.495 e. The maximum absolute atomic E-state index is 12.3. The van der Waals surface area contributed by atoms with Crippen LogP contribution in [0.15, 0.2) is 28.9 Å². The van der Waals surface area contributed by atoms with E-state index in [1.807, 2.05) is 0 Å². The van der Waals surface area contributed by atoms with Crippen LogP contribution in [0.25, 0.3) is 0 Å². The molecule has 0 spiro atoms. The molecule has 9 heteroatoms. The summed E-state index contributed by atoms with van der Waals surface area (Å²) in [5.74, 6) is 1.86. The van der Waals surface area contributed by atoms with Crippen LogP contribution < -0.4 is 15.4 Å². The first kappa shape index (κ1) is 28.7. The molecule has 0 aliphatic heterocycles. The first-order chi connectivity index (χ1) is 16.4. The van der Waals surface area contributed by atoms with Crippen molar-refractivity contribution >= 4 is 39.3 Å². The zero-order valence-electron chi connectivity index (χ0n) is 20.0. The molecule has 1 aliphatic carbocycles. The van der Waals surface area contributed by atoms with Gasteiger partial charge in [-0.05, 0) is 72.2 Å². The van der Waals surface area contributed by atoms with Gasteiger partial charge in [0, 0.05) is 31.8 Å². The lowest BCUT2D eigenvalue weighted by Crippen LogP contribution is -2.26. The van der Waals surface area contributed by atoms with E-state index in [2.05, 4.69) is 31.5 Å². The Hall–Kier alpha value is -2.52. The van der Waals surface area contributed by atoms with Crippen molar-refractivity contribution in [1.29, 1.82) is 0 Å². The van der Waals surface area contributed by atoms with Crippen LogP contribution in [0.1, 0.15) is 62.5 Å². The summed E-state index contributed by atoms with van der Waals surface area (Å²) < 4.78 is 11.3. The van der Waals surface area contributed by atoms with Crippen molar-refractivity contribution in [3.8, 4) is 5.75 Å². The summed E-state index contributed by atoms with van der Waals surface area (Å²) in [7, 11) is 3.14. The Balaban J connectivity index is 0.00000432. The number of halogens is 1. The van der Waals surface area contributed by atoms with Gasteiger partial charge in [-0.1, -0.05) is 20.3 Å². The maximum Gasteiger partial charge on any atom is 0.251 e. The van der Waals surface area contributed by atoms with Crippen LogP contribution >= 0.6 is 15.9 Å². The van der Waals surface area contributed by atoms with E-state index in [0.717, 1.165) is 29.4 Å². The van der Waals surface area contributed by atoms with Gasteiger partial charge in [0.1, 0.15) is 11.5 Å². The summed E-state index contributed by atoms with van der Waals surface area (Å²) in [4.78, 5) is 33.2. The molecule has 8 nitrogen and oxygen atoms in total. The second kappa shape index (κ2) is 14.1. The van der Waals surface area contributed by atoms with Crippen molar-refractivity contribution in [2.75, 3.05) is 32.7 Å². The number of carbonyl (C=O) groups excluding carboxylic acids is 2. The molecular formula is C26H37BrN4O4. The van der Waals surface area contributed by atoms with Crippen molar-refractivity contribution < 1.29 is 19.1 Å². The maximum atomic E-state index is 12.3. The number of nitrogens with zero attached hydrogens (tertiary/aromatic N) is 2. The number of ketones is 1. The predicted octanol–water partition coefficient (Wildman–Crippen LogP) is 5.33. The Bertz CT molecular complexity index is 1000. The third kappa shape index (κ3) is 8.28. The van der Waals surface area contributed by atoms with E-state index in [4.69, 9.17) is 14.5 Å². The lowest BCUT2D eigenvalue weighted by molar-refractivity contribution is -0.118. The average Bonchev–Trinajstić information content (AvgIpc) is 2.82. The monoisotopic (exact) mass is 548 g/mol. The molecule has 2 N–H and O–H groups in total. The molecule has 2 atom stereocenters. The normalized spacial score (nSPS) is 17.3. The fourth-order valence-corrected chi connectivity index (χ4v) is 4.82. The fourth-order valence-electron chi connectivity index (χ4n) is 4.47. The Kier molecular flexibility index (Phi) is 11.6. The molecule has 192 valence electrons. The van der Waals surface area contributed by atoms with Crippen molar-refractivity contribution in [3.05, 3.63) is 40.1 Å². The molecule has 0 radical (unpaired) electrons. The van der Waals surface area contributed by atoms with Crippen molar-refractivity contribution in [2.45, 2.75) is 52.9 Å². The van der Waals surface area contributed by atoms with E-state index in [-0.39, 0.29) is 19.1 Å². The molecule has 1 fully saturated rings. The number of nitrogens with one attached hydrogen (secondary N) is 2. The average molecular weight is 550 g/mol. The van der Waals surface area contributed by atoms with Gasteiger partial charge < -0.3 is 24.9 Å². The van der Waals surface area contributed by atoms with Crippen molar-refractivity contribution in [3.63, 3.8) is 0 Å². The summed E-state index contributed by atoms with van der Waals surface area (Å²) in [5.41, 5.74) is 2.08. The highest BCUT2D eigenvalue weighted by Crippen LogP contribution is 2.36. The van der Waals surface area contributed by atoms with Crippen LogP contribution in [0, 0.1) is 11.8 Å². The standard InChI is InChI=1S/C25H33BrN4O4.CH4/c1-16(31)12-17-6-4-5-7-18(17)13-22-20(26)15-28-25(30-22)29-21-9-8-19(14-23(21)34-3)24(32)27-10-11-33-2;/h8-9,14-15,17-18H,4-7,10-13H2,1-3H3,(H,27,32)(H,28,29,30);1H4/t17-,18-;/m0./s1. The lowest BCUT2D eigenvalue weighted by atomic mass is 9.75. The molecule has 1 aliphatic rings. The molecule has 2 aromatic rings. The summed E-state index contributed by atoms with van der Waals surface area (Å²) in [6, 6.07) is 5.18. The van der Waals surface area contributed by atoms with E-state index >= 15 is 0 Å². The largest absolute Gasteiger partial charge is 0.495 e. The third-order valence-corrected chi connectivity index (χ3v) is 6.85. The number of methoxy groups -OCH3 is 2. The number of ether oxygens (including phenoxy) is 2. The number of rotatable bonds is 11. The van der Waals surface area contributed by atoms with Gasteiger partial charge in [-0.2, -0.15) is 0 Å². The van der Waals surface area contributed by atoms with Gasteiger partial charge in [-0.25, -0.2) is 9.97 Å². The molecule has 1 aromatic carbocycles. The highest BCUT2D eigenvalue weighted by atomic mass is 79.9. The van der Waals surface area contributed by atoms with Crippen molar-refractivity contribution in [2.24, 2.45) is 11.8 Å². The molecular weight excluding hydrogens is 512 g/mol. The number of benzene rings is 1. The van der Waals surface area contributed by atoms with E-state index in [0.29, 0.717) is 54.4 Å². The minimum atomic E-state index is -0.198. The summed E-state index contributed by atoms with van der Waals surface area (Å²) >= 11 is 3.60. The fraction of sp³-hybridized carbons (Fsp3) is 0.538. The SMILES string of the molecule is C.COCCNC(=O)c1ccc(Nc2ncc(Br)c(C[C@@H]3CCCC[C@H]3CC(C)=O)n2)c(OC)c1. The molecule has 0 bridgehead atoms. The van der Waals surface area contributed by atoms with Crippen LogP contribution in [0.3, 0.4) is 0 Å². The highest BCUT2D eigenvalue weighted by molar-refractivity contribution is 9.10. The van der Waals surface area contributed by atoms with Gasteiger partial charge in [0.05, 0.1) is 29.6 Å². The van der Waals surface area contributed by atoms with Crippen LogP contribution in [0.4, 0.5) is 11.6 Å². The molecule has 35 heavy (non-hydrogen) atoms. The minimum absolute atomic E-state index is 0. The zero-order valence-corrected chi connectivity index (χ0v) is 21.6. The van der Waals surface area contributed by atoms with Gasteiger partial charge in [0.2, 0.25) is 5.95 Å². The van der Waals surface area contributed by atoms with Crippen LogP contribution in [0.5, 0.6) is 5.75 Å². The van der Waals surface area contributed by atoms with Gasteiger partial charge in [-0.3, -0.25) is 4.79 Å². The molecule has 1 amide bonds. The molecule has 1 heterocycles. The van der Waals surface area contributed by atoms with Gasteiger partial charge in [0.15, 0.2) is 0 Å². The molecule has 0 saturated heterocycles. The number of carbonyl (C=O) groups is 2. The summed E-state index contributed by atoms with van der Waals surface area (Å²) in [5, 5.41) is 6.01. The van der Waals surface area contributed by atoms with Crippen molar-refractivity contribution in [1.82, 2.24) is 15.3 Å². The Morgan fingerprint density at radius 2 is 1.91 bits per heavy atom. The second-order valence-corrected chi connectivity index (χ2v) is 9.55. The molecule has 1 saturated carbocycles. The smallest absolute Gasteiger partial charge is 0.251 e. The van der Waals surface area contributed by atoms with E-state index in [1.165, 1.54) is 12.8 Å². The summed E-state index contributed by atoms with van der Waals surface area (Å²) in [6.45, 7) is 2.56. The van der Waals surface area contributed by atoms with Gasteiger partial charge in [-0.15, -0.1) is 0 Å². The van der Waals surface area contributed by atoms with Crippen LogP contribution in [-0.2, 0) is 16.0 Å². The first-order valence-corrected chi connectivity index (χ1v) is 12.4. The number of hydrogen-bond donors (Lipinski definition) is 2. The molecule has 1 aromatic heterocycles. The quantitative estimate of drug-likeness (QED) is 0.365. The molecule has 3 rings (SSSR count).